The topological polar surface area (TPSA) is 440 Å². The van der Waals surface area contributed by atoms with E-state index in [9.17, 15) is 57.8 Å². The summed E-state index contributed by atoms with van der Waals surface area (Å²) in [6.45, 7) is 9.41. The molecule has 0 bridgehead atoms. The third kappa shape index (κ3) is 17.1. The summed E-state index contributed by atoms with van der Waals surface area (Å²) < 4.78 is 13.2. The average Bonchev–Trinajstić information content (AvgIpc) is 1.47. The molecular formula is C65H78N14O15. The van der Waals surface area contributed by atoms with Crippen LogP contribution in [0.2, 0.25) is 0 Å². The van der Waals surface area contributed by atoms with E-state index in [-0.39, 0.29) is 68.8 Å². The second-order valence-electron chi connectivity index (χ2n) is 24.4. The van der Waals surface area contributed by atoms with Crippen molar-refractivity contribution < 1.29 is 67.4 Å². The van der Waals surface area contributed by atoms with Crippen molar-refractivity contribution in [2.45, 2.75) is 154 Å². The number of carbonyl (C=O) groups is 10. The molecule has 1 fully saturated rings. The number of benzene rings is 3. The summed E-state index contributed by atoms with van der Waals surface area (Å²) in [6.07, 6.45) is -0.170. The number of ether oxygens (including phenoxy) is 2. The van der Waals surface area contributed by atoms with Crippen LogP contribution in [0.25, 0.3) is 22.3 Å². The van der Waals surface area contributed by atoms with Crippen LogP contribution in [0.4, 0.5) is 0 Å². The lowest BCUT2D eigenvalue weighted by molar-refractivity contribution is -0.191. The summed E-state index contributed by atoms with van der Waals surface area (Å²) in [5.41, 5.74) is 18.6. The smallest absolute Gasteiger partial charge is 0.355 e. The number of cyclic esters (lactones) is 1. The lowest BCUT2D eigenvalue weighted by Crippen LogP contribution is -2.58. The standard InChI is InChI=1S/C65H78N14O15/c1-7-65(42-26-49-54-40(32-79(49)60(89)41(42)33-92-62(65)91)39(30-72-94-64(4,5)6)38-16-11-12-17-44(38)74-54)93-61(90)53(34(2)3)78-55(84)43(66)27-50(80)70-29-37-21-19-36(20-22-37)25-47-57(86)75-45(18-13-23-69-63(67)68)56(85)71-31-51(81)73-48(28-52(82)83)59(88)77-46(58(87)76-47)24-35-14-9-8-10-15-35/h8-12,14-17,19-22,26,30,34,43,45-48,53H,7,13,18,23-25,27-29,31-33,66H2,1-6H3,(H,70,80)(H,71,85)(H,73,81)(H,75,86)(H,76,87)(H,77,88)(H,78,84)(H,82,83)(H4,67,68,69)/t43-,45-,46?,47-,48-,53-,65-/m0/s1. The van der Waals surface area contributed by atoms with E-state index < -0.39 is 144 Å². The van der Waals surface area contributed by atoms with Crippen LogP contribution >= 0.6 is 0 Å². The number of aliphatic carboxylic acids is 1. The number of aromatic nitrogens is 2. The van der Waals surface area contributed by atoms with Crippen molar-refractivity contribution in [2.24, 2.45) is 33.3 Å². The van der Waals surface area contributed by atoms with Crippen LogP contribution in [0.5, 0.6) is 0 Å². The minimum absolute atomic E-state index is 0.0403. The van der Waals surface area contributed by atoms with Gasteiger partial charge >= 0.3 is 17.9 Å². The van der Waals surface area contributed by atoms with Gasteiger partial charge in [-0.15, -0.1) is 0 Å². The van der Waals surface area contributed by atoms with Gasteiger partial charge in [0.15, 0.2) is 5.96 Å². The number of oxime groups is 1. The SMILES string of the molecule is CC[C@@]1(OC(=O)[C@@H](NC(=O)[C@@H](N)CC(=O)NCc2ccc(C[C@@H]3NC(=O)C(Cc4ccccc4)NC(=O)[C@H](CC(=O)O)NC(=O)CNC(=O)[C@H](CCCN=C(N)N)NC3=O)cc2)C(C)C)C(=O)OCc2c1cc1n(c2=O)Cc2c-1nc1ccccc1c2C=NOC(C)(C)C. The molecule has 2 aromatic heterocycles. The predicted molar refractivity (Wildman–Crippen MR) is 341 cm³/mol. The van der Waals surface area contributed by atoms with E-state index >= 15 is 0 Å². The van der Waals surface area contributed by atoms with Crippen LogP contribution in [0.3, 0.4) is 0 Å². The summed E-state index contributed by atoms with van der Waals surface area (Å²) in [7, 11) is 0. The highest BCUT2D eigenvalue weighted by Gasteiger charge is 2.52. The quantitative estimate of drug-likeness (QED) is 0.0143. The Morgan fingerprint density at radius 2 is 1.46 bits per heavy atom. The second-order valence-corrected chi connectivity index (χ2v) is 24.4. The molecule has 5 aromatic rings. The van der Waals surface area contributed by atoms with Gasteiger partial charge < -0.3 is 78.4 Å². The van der Waals surface area contributed by atoms with E-state index in [0.717, 1.165) is 5.39 Å². The number of fused-ring (bicyclic) bond motifs is 5. The number of pyridine rings is 2. The molecular weight excluding hydrogens is 1220 g/mol. The van der Waals surface area contributed by atoms with E-state index in [1.54, 1.807) is 87.6 Å². The zero-order chi connectivity index (χ0) is 68.2. The number of rotatable bonds is 22. The van der Waals surface area contributed by atoms with Gasteiger partial charge in [0, 0.05) is 48.0 Å². The summed E-state index contributed by atoms with van der Waals surface area (Å²) in [6, 6.07) is 15.3. The van der Waals surface area contributed by atoms with Crippen molar-refractivity contribution in [1.82, 2.24) is 46.8 Å². The van der Waals surface area contributed by atoms with Crippen molar-refractivity contribution in [3.05, 3.63) is 134 Å². The molecule has 0 spiro atoms. The van der Waals surface area contributed by atoms with Crippen molar-refractivity contribution in [3.8, 4) is 11.4 Å². The molecule has 0 saturated carbocycles. The zero-order valence-corrected chi connectivity index (χ0v) is 52.9. The molecule has 5 heterocycles. The molecule has 94 heavy (non-hydrogen) atoms. The lowest BCUT2D eigenvalue weighted by atomic mass is 9.85. The average molecular weight is 1300 g/mol. The van der Waals surface area contributed by atoms with Gasteiger partial charge in [-0.05, 0) is 74.8 Å². The van der Waals surface area contributed by atoms with Gasteiger partial charge in [-0.3, -0.25) is 48.1 Å². The number of nitrogens with zero attached hydrogens (tertiary/aromatic N) is 4. The van der Waals surface area contributed by atoms with E-state index in [1.807, 2.05) is 45.0 Å². The molecule has 3 aliphatic heterocycles. The van der Waals surface area contributed by atoms with Gasteiger partial charge in [0.2, 0.25) is 47.0 Å². The fourth-order valence-electron chi connectivity index (χ4n) is 11.0. The Kier molecular flexibility index (Phi) is 22.3. The second kappa shape index (κ2) is 30.2. The van der Waals surface area contributed by atoms with Crippen molar-refractivity contribution in [2.75, 3.05) is 13.1 Å². The highest BCUT2D eigenvalue weighted by atomic mass is 16.6. The third-order valence-corrected chi connectivity index (χ3v) is 15.9. The maximum Gasteiger partial charge on any atom is 0.355 e. The fourth-order valence-corrected chi connectivity index (χ4v) is 11.0. The molecule has 0 aliphatic carbocycles. The van der Waals surface area contributed by atoms with Crippen LogP contribution in [-0.4, -0.2) is 141 Å². The van der Waals surface area contributed by atoms with Gasteiger partial charge in [0.1, 0.15) is 42.4 Å². The van der Waals surface area contributed by atoms with Crippen LogP contribution in [0.1, 0.15) is 113 Å². The molecule has 3 aliphatic rings. The number of hydrogen-bond donors (Lipinski definition) is 11. The molecule has 29 nitrogen and oxygen atoms in total. The molecule has 7 amide bonds. The summed E-state index contributed by atoms with van der Waals surface area (Å²) in [5, 5.41) is 32.6. The van der Waals surface area contributed by atoms with Crippen LogP contribution in [0, 0.1) is 5.92 Å². The monoisotopic (exact) mass is 1290 g/mol. The molecule has 7 atom stereocenters. The maximum atomic E-state index is 14.5. The first kappa shape index (κ1) is 69.3. The number of esters is 2. The Morgan fingerprint density at radius 1 is 0.830 bits per heavy atom. The normalized spacial score (nSPS) is 19.8. The molecule has 1 unspecified atom stereocenters. The zero-order valence-electron chi connectivity index (χ0n) is 52.9. The number of aliphatic imine (C=N–C) groups is 1. The summed E-state index contributed by atoms with van der Waals surface area (Å²) in [4.78, 5) is 165. The molecule has 29 heteroatoms. The Hall–Kier alpha value is -10.6. The minimum Gasteiger partial charge on any atom is -0.481 e. The number of amides is 7. The maximum absolute atomic E-state index is 14.5. The Balaban J connectivity index is 0.941. The van der Waals surface area contributed by atoms with Crippen molar-refractivity contribution >= 4 is 82.3 Å². The van der Waals surface area contributed by atoms with Gasteiger partial charge in [0.25, 0.3) is 5.56 Å². The van der Waals surface area contributed by atoms with E-state index in [2.05, 4.69) is 47.4 Å². The molecule has 3 aromatic carbocycles. The number of guanidine groups is 1. The highest BCUT2D eigenvalue weighted by molar-refractivity contribution is 6.03. The highest BCUT2D eigenvalue weighted by Crippen LogP contribution is 2.42. The van der Waals surface area contributed by atoms with Crippen molar-refractivity contribution in [3.63, 3.8) is 0 Å². The molecule has 498 valence electrons. The number of carbonyl (C=O) groups excluding carboxylic acids is 9. The van der Waals surface area contributed by atoms with Gasteiger partial charge in [-0.25, -0.2) is 14.6 Å². The summed E-state index contributed by atoms with van der Waals surface area (Å²) in [5.74, 6) is -10.3. The van der Waals surface area contributed by atoms with Crippen LogP contribution in [0.15, 0.2) is 99.9 Å². The number of para-hydroxylation sites is 1. The van der Waals surface area contributed by atoms with E-state index in [1.165, 1.54) is 4.57 Å². The number of hydrogen-bond acceptors (Lipinski definition) is 18. The van der Waals surface area contributed by atoms with Crippen LogP contribution < -0.4 is 60.0 Å². The summed E-state index contributed by atoms with van der Waals surface area (Å²) >= 11 is 0. The first-order chi connectivity index (χ1) is 44.6. The largest absolute Gasteiger partial charge is 0.481 e. The molecule has 14 N–H and O–H groups in total. The Morgan fingerprint density at radius 3 is 2.10 bits per heavy atom. The van der Waals surface area contributed by atoms with Crippen molar-refractivity contribution in [1.29, 1.82) is 0 Å². The van der Waals surface area contributed by atoms with Gasteiger partial charge in [0.05, 0.1) is 60.7 Å². The fraction of sp³-hybridized carbons (Fsp3) is 0.415. The van der Waals surface area contributed by atoms with E-state index in [4.69, 9.17) is 36.5 Å². The molecule has 8 rings (SSSR count). The molecule has 1 saturated heterocycles. The predicted octanol–water partition coefficient (Wildman–Crippen LogP) is 0.337. The number of nitrogens with one attached hydrogen (secondary N) is 7. The van der Waals surface area contributed by atoms with Crippen LogP contribution in [-0.2, 0) is 100 Å². The Labute approximate surface area is 540 Å². The first-order valence-corrected chi connectivity index (χ1v) is 30.7. The minimum atomic E-state index is -2.13. The number of carboxylic acids is 1. The molecule has 0 radical (unpaired) electrons. The van der Waals surface area contributed by atoms with E-state index in [0.29, 0.717) is 44.7 Å². The third-order valence-electron chi connectivity index (χ3n) is 15.9. The Bertz CT molecular complexity index is 3860. The van der Waals surface area contributed by atoms with Gasteiger partial charge in [-0.1, -0.05) is 98.7 Å². The first-order valence-electron chi connectivity index (χ1n) is 30.7. The lowest BCUT2D eigenvalue weighted by Gasteiger charge is -2.37. The number of carboxylic acid groups (broad SMARTS) is 1. The number of nitrogens with two attached hydrogens (primary N) is 3. The van der Waals surface area contributed by atoms with Gasteiger partial charge in [-0.2, -0.15) is 0 Å².